The van der Waals surface area contributed by atoms with Crippen LogP contribution in [0.2, 0.25) is 5.02 Å². The summed E-state index contributed by atoms with van der Waals surface area (Å²) >= 11 is 6.12. The third-order valence-corrected chi connectivity index (χ3v) is 8.84. The van der Waals surface area contributed by atoms with Gasteiger partial charge in [0.15, 0.2) is 5.54 Å². The van der Waals surface area contributed by atoms with Crippen molar-refractivity contribution < 1.29 is 33.0 Å². The molecule has 4 N–H and O–H groups in total. The summed E-state index contributed by atoms with van der Waals surface area (Å²) in [5.41, 5.74) is 2.64. The number of hydrogen-bond donors (Lipinski definition) is 4. The van der Waals surface area contributed by atoms with Crippen LogP contribution < -0.4 is 10.0 Å². The molecule has 3 aromatic rings. The Morgan fingerprint density at radius 1 is 0.875 bits per heavy atom. The van der Waals surface area contributed by atoms with Gasteiger partial charge in [0, 0.05) is 16.3 Å². The Bertz CT molecular complexity index is 1640. The Hall–Kier alpha value is -4.09. The molecule has 0 spiro atoms. The largest absolute Gasteiger partial charge is 0.479 e. The number of carbonyl (C=O) groups excluding carboxylic acids is 1. The van der Waals surface area contributed by atoms with Gasteiger partial charge in [-0.3, -0.25) is 9.52 Å². The molecule has 0 saturated carbocycles. The van der Waals surface area contributed by atoms with Gasteiger partial charge in [0.05, 0.1) is 18.0 Å². The molecule has 0 bridgehead atoms. The van der Waals surface area contributed by atoms with E-state index in [9.17, 15) is 27.9 Å². The minimum absolute atomic E-state index is 0.124. The number of likely N-dealkylation sites (tertiary alicyclic amines) is 1. The van der Waals surface area contributed by atoms with Gasteiger partial charge in [0.2, 0.25) is 0 Å². The predicted octanol–water partition coefficient (Wildman–Crippen LogP) is 4.59. The monoisotopic (exact) mass is 585 g/mol. The Labute approximate surface area is 236 Å². The van der Waals surface area contributed by atoms with E-state index in [0.29, 0.717) is 38.5 Å². The number of sulfonamides is 1. The number of halogens is 1. The van der Waals surface area contributed by atoms with Gasteiger partial charge in [-0.15, -0.1) is 0 Å². The molecule has 210 valence electrons. The topological polar surface area (TPSA) is 153 Å². The first-order valence-corrected chi connectivity index (χ1v) is 14.0. The molecular formula is C28H28ClN3O7S. The van der Waals surface area contributed by atoms with Crippen molar-refractivity contribution in [2.45, 2.75) is 38.1 Å². The standard InChI is InChI=1S/C28H28ClN3O7S/c1-15-11-23(16(2)10-22(15)29)40(38,39)31-21-7-5-6-19(12-21)20-8-17(3)24(18(4)9-20)25(33)30-28(26(34)35)13-32(14-28)27(36)37/h5-12,31H,13-14H2,1-4H3,(H,30,33)(H,34,35)(H,36,37). The fourth-order valence-corrected chi connectivity index (χ4v) is 6.37. The minimum Gasteiger partial charge on any atom is -0.479 e. The van der Waals surface area contributed by atoms with Gasteiger partial charge in [-0.1, -0.05) is 35.9 Å². The van der Waals surface area contributed by atoms with E-state index in [1.165, 1.54) is 6.07 Å². The molecule has 1 fully saturated rings. The van der Waals surface area contributed by atoms with Gasteiger partial charge in [-0.05, 0) is 85.3 Å². The van der Waals surface area contributed by atoms with Crippen LogP contribution >= 0.6 is 11.6 Å². The molecular weight excluding hydrogens is 558 g/mol. The molecule has 0 radical (unpaired) electrons. The van der Waals surface area contributed by atoms with Gasteiger partial charge >= 0.3 is 12.1 Å². The first kappa shape index (κ1) is 28.9. The van der Waals surface area contributed by atoms with Crippen molar-refractivity contribution >= 4 is 45.3 Å². The zero-order valence-corrected chi connectivity index (χ0v) is 23.8. The van der Waals surface area contributed by atoms with Crippen LogP contribution in [0.25, 0.3) is 11.1 Å². The average molecular weight is 586 g/mol. The second kappa shape index (κ2) is 10.5. The second-order valence-corrected chi connectivity index (χ2v) is 12.1. The summed E-state index contributed by atoms with van der Waals surface area (Å²) in [5, 5.41) is 21.7. The number of carboxylic acids is 1. The number of nitrogens with zero attached hydrogens (tertiary/aromatic N) is 1. The highest BCUT2D eigenvalue weighted by atomic mass is 35.5. The molecule has 0 aliphatic carbocycles. The fourth-order valence-electron chi connectivity index (χ4n) is 4.79. The molecule has 0 aromatic heterocycles. The van der Waals surface area contributed by atoms with Gasteiger partial charge in [0.1, 0.15) is 0 Å². The highest BCUT2D eigenvalue weighted by Gasteiger charge is 2.53. The van der Waals surface area contributed by atoms with Crippen molar-refractivity contribution in [3.05, 3.63) is 81.4 Å². The highest BCUT2D eigenvalue weighted by molar-refractivity contribution is 7.92. The maximum Gasteiger partial charge on any atom is 0.407 e. The summed E-state index contributed by atoms with van der Waals surface area (Å²) in [4.78, 5) is 37.1. The molecule has 2 amide bonds. The lowest BCUT2D eigenvalue weighted by molar-refractivity contribution is -0.150. The molecule has 12 heteroatoms. The summed E-state index contributed by atoms with van der Waals surface area (Å²) in [7, 11) is -3.90. The molecule has 10 nitrogen and oxygen atoms in total. The lowest BCUT2D eigenvalue weighted by Gasteiger charge is -2.45. The van der Waals surface area contributed by atoms with Gasteiger partial charge in [0.25, 0.3) is 15.9 Å². The Kier molecular flexibility index (Phi) is 7.57. The van der Waals surface area contributed by atoms with Crippen molar-refractivity contribution in [2.24, 2.45) is 0 Å². The number of amides is 2. The number of anilines is 1. The number of carboxylic acid groups (broad SMARTS) is 2. The van der Waals surface area contributed by atoms with E-state index in [-0.39, 0.29) is 23.5 Å². The minimum atomic E-state index is -3.90. The molecule has 1 heterocycles. The van der Waals surface area contributed by atoms with Crippen LogP contribution in [0.4, 0.5) is 10.5 Å². The summed E-state index contributed by atoms with van der Waals surface area (Å²) in [5.74, 6) is -1.93. The van der Waals surface area contributed by atoms with Crippen molar-refractivity contribution in [2.75, 3.05) is 17.8 Å². The third kappa shape index (κ3) is 5.47. The molecule has 1 aliphatic rings. The Morgan fingerprint density at radius 2 is 1.50 bits per heavy atom. The van der Waals surface area contributed by atoms with Gasteiger partial charge in [-0.2, -0.15) is 0 Å². The highest BCUT2D eigenvalue weighted by Crippen LogP contribution is 2.30. The van der Waals surface area contributed by atoms with E-state index >= 15 is 0 Å². The zero-order valence-electron chi connectivity index (χ0n) is 22.2. The maximum absolute atomic E-state index is 13.1. The first-order valence-electron chi connectivity index (χ1n) is 12.2. The molecule has 4 rings (SSSR count). The van der Waals surface area contributed by atoms with Crippen molar-refractivity contribution in [3.63, 3.8) is 0 Å². The van der Waals surface area contributed by atoms with Crippen LogP contribution in [0.3, 0.4) is 0 Å². The van der Waals surface area contributed by atoms with Crippen LogP contribution in [-0.2, 0) is 14.8 Å². The van der Waals surface area contributed by atoms with Gasteiger partial charge in [-0.25, -0.2) is 18.0 Å². The van der Waals surface area contributed by atoms with Crippen LogP contribution in [-0.4, -0.2) is 60.1 Å². The average Bonchev–Trinajstić information content (AvgIpc) is 2.82. The molecule has 1 saturated heterocycles. The molecule has 0 unspecified atom stereocenters. The molecule has 40 heavy (non-hydrogen) atoms. The van der Waals surface area contributed by atoms with E-state index in [1.54, 1.807) is 70.2 Å². The lowest BCUT2D eigenvalue weighted by atomic mass is 9.88. The summed E-state index contributed by atoms with van der Waals surface area (Å²) < 4.78 is 28.9. The number of aliphatic carboxylic acids is 1. The van der Waals surface area contributed by atoms with Crippen molar-refractivity contribution in [3.8, 4) is 11.1 Å². The summed E-state index contributed by atoms with van der Waals surface area (Å²) in [6.07, 6.45) is -1.26. The Morgan fingerprint density at radius 3 is 2.08 bits per heavy atom. The molecule has 0 atom stereocenters. The van der Waals surface area contributed by atoms with Crippen LogP contribution in [0, 0.1) is 27.7 Å². The van der Waals surface area contributed by atoms with E-state index < -0.39 is 33.5 Å². The fraction of sp³-hybridized carbons (Fsp3) is 0.250. The summed E-state index contributed by atoms with van der Waals surface area (Å²) in [6, 6.07) is 13.5. The van der Waals surface area contributed by atoms with Crippen molar-refractivity contribution in [1.29, 1.82) is 0 Å². The van der Waals surface area contributed by atoms with Crippen LogP contribution in [0.1, 0.15) is 32.6 Å². The SMILES string of the molecule is Cc1cc(S(=O)(=O)Nc2cccc(-c3cc(C)c(C(=O)NC4(C(=O)O)CN(C(=O)O)C4)c(C)c3)c2)c(C)cc1Cl. The number of carbonyl (C=O) groups is 3. The summed E-state index contributed by atoms with van der Waals surface area (Å²) in [6.45, 7) is 6.12. The number of rotatable bonds is 7. The van der Waals surface area contributed by atoms with Crippen molar-refractivity contribution in [1.82, 2.24) is 10.2 Å². The number of hydrogen-bond acceptors (Lipinski definition) is 5. The predicted molar refractivity (Wildman–Crippen MR) is 151 cm³/mol. The van der Waals surface area contributed by atoms with Crippen LogP contribution in [0.15, 0.2) is 53.4 Å². The van der Waals surface area contributed by atoms with E-state index in [2.05, 4.69) is 10.0 Å². The Balaban J connectivity index is 1.59. The maximum atomic E-state index is 13.1. The van der Waals surface area contributed by atoms with E-state index in [4.69, 9.17) is 16.7 Å². The van der Waals surface area contributed by atoms with Gasteiger partial charge < -0.3 is 20.4 Å². The smallest absolute Gasteiger partial charge is 0.407 e. The quantitative estimate of drug-likeness (QED) is 0.316. The number of nitrogens with one attached hydrogen (secondary N) is 2. The van der Waals surface area contributed by atoms with E-state index in [0.717, 1.165) is 10.5 Å². The van der Waals surface area contributed by atoms with E-state index in [1.807, 2.05) is 0 Å². The normalized spacial score (nSPS) is 14.3. The first-order chi connectivity index (χ1) is 18.6. The lowest BCUT2D eigenvalue weighted by Crippen LogP contribution is -2.75. The second-order valence-electron chi connectivity index (χ2n) is 10.0. The van der Waals surface area contributed by atoms with Crippen LogP contribution in [0.5, 0.6) is 0 Å². The molecule has 1 aliphatic heterocycles. The third-order valence-electron chi connectivity index (χ3n) is 6.91. The molecule has 3 aromatic carbocycles. The number of aryl methyl sites for hydroxylation is 4. The zero-order chi connectivity index (χ0) is 29.6. The number of benzene rings is 3.